The van der Waals surface area contributed by atoms with Gasteiger partial charge in [0.15, 0.2) is 0 Å². The zero-order chi connectivity index (χ0) is 23.6. The molecule has 0 saturated heterocycles. The second-order valence-electron chi connectivity index (χ2n) is 9.03. The molecule has 7 nitrogen and oxygen atoms in total. The molecule has 0 spiro atoms. The van der Waals surface area contributed by atoms with Crippen LogP contribution in [0.3, 0.4) is 0 Å². The number of hydrogen-bond acceptors (Lipinski definition) is 5. The summed E-state index contributed by atoms with van der Waals surface area (Å²) in [7, 11) is 0. The van der Waals surface area contributed by atoms with Crippen LogP contribution >= 0.6 is 0 Å². The lowest BCUT2D eigenvalue weighted by molar-refractivity contribution is -0.141. The van der Waals surface area contributed by atoms with Crippen LogP contribution in [0.2, 0.25) is 0 Å². The summed E-state index contributed by atoms with van der Waals surface area (Å²) < 4.78 is 41.2. The number of nitrogens with zero attached hydrogens (tertiary/aromatic N) is 5. The van der Waals surface area contributed by atoms with Gasteiger partial charge in [-0.05, 0) is 61.4 Å². The number of nitrogens with two attached hydrogens (primary N) is 1. The Kier molecular flexibility index (Phi) is 4.55. The first-order chi connectivity index (χ1) is 16.3. The highest BCUT2D eigenvalue weighted by Crippen LogP contribution is 2.41. The first-order valence-corrected chi connectivity index (χ1v) is 11.2. The number of aromatic nitrogens is 4. The second-order valence-corrected chi connectivity index (χ2v) is 9.03. The molecule has 6 rings (SSSR count). The van der Waals surface area contributed by atoms with Crippen molar-refractivity contribution in [2.24, 2.45) is 5.92 Å². The van der Waals surface area contributed by atoms with Crippen molar-refractivity contribution in [3.05, 3.63) is 65.4 Å². The number of fused-ring (bicyclic) bond motifs is 4. The minimum atomic E-state index is -4.49. The van der Waals surface area contributed by atoms with E-state index in [4.69, 9.17) is 5.73 Å². The van der Waals surface area contributed by atoms with Crippen LogP contribution in [0.25, 0.3) is 16.6 Å². The summed E-state index contributed by atoms with van der Waals surface area (Å²) in [5.74, 6) is 0.613. The van der Waals surface area contributed by atoms with E-state index >= 15 is 0 Å². The smallest absolute Gasteiger partial charge is 0.382 e. The van der Waals surface area contributed by atoms with E-state index in [2.05, 4.69) is 15.0 Å². The number of nitrogen functional groups attached to an aromatic ring is 1. The molecule has 1 aromatic carbocycles. The third kappa shape index (κ3) is 3.44. The molecule has 2 aliphatic carbocycles. The molecule has 0 unspecified atom stereocenters. The summed E-state index contributed by atoms with van der Waals surface area (Å²) in [5, 5.41) is 0. The van der Waals surface area contributed by atoms with Crippen molar-refractivity contribution in [2.75, 3.05) is 12.3 Å². The lowest BCUT2D eigenvalue weighted by Crippen LogP contribution is -2.36. The highest BCUT2D eigenvalue weighted by atomic mass is 19.4. The van der Waals surface area contributed by atoms with Gasteiger partial charge in [-0.15, -0.1) is 0 Å². The number of rotatable bonds is 4. The number of carbonyl (C=O) groups excluding carboxylic acids is 1. The molecule has 4 aromatic rings. The van der Waals surface area contributed by atoms with Crippen LogP contribution in [0, 0.1) is 5.92 Å². The Bertz CT molecular complexity index is 1440. The van der Waals surface area contributed by atoms with E-state index in [1.54, 1.807) is 35.1 Å². The number of alkyl halides is 3. The van der Waals surface area contributed by atoms with E-state index in [1.165, 1.54) is 6.07 Å². The molecular formula is C24H21F3N6O. The summed E-state index contributed by atoms with van der Waals surface area (Å²) >= 11 is 0. The molecule has 2 aliphatic rings. The van der Waals surface area contributed by atoms with Crippen molar-refractivity contribution in [1.82, 2.24) is 24.3 Å². The number of imidazole rings is 1. The lowest BCUT2D eigenvalue weighted by Gasteiger charge is -2.30. The van der Waals surface area contributed by atoms with Crippen LogP contribution in [0.5, 0.6) is 0 Å². The number of pyridine rings is 1. The van der Waals surface area contributed by atoms with Crippen LogP contribution in [0.1, 0.15) is 52.6 Å². The highest BCUT2D eigenvalue weighted by Gasteiger charge is 2.39. The van der Waals surface area contributed by atoms with E-state index in [-0.39, 0.29) is 11.9 Å². The molecule has 10 heteroatoms. The third-order valence-corrected chi connectivity index (χ3v) is 6.73. The minimum Gasteiger partial charge on any atom is -0.382 e. The SMILES string of the molecule is Nc1nc2ccc(C(=O)N(CC3CC3)[C@H]3CCc4nc(C(F)(F)F)ccc43)cc2n2cncc12. The highest BCUT2D eigenvalue weighted by molar-refractivity contribution is 5.98. The van der Waals surface area contributed by atoms with Gasteiger partial charge in [0, 0.05) is 17.8 Å². The van der Waals surface area contributed by atoms with Crippen molar-refractivity contribution in [3.8, 4) is 0 Å². The maximum atomic E-state index is 13.8. The number of benzene rings is 1. The van der Waals surface area contributed by atoms with Crippen molar-refractivity contribution in [3.63, 3.8) is 0 Å². The van der Waals surface area contributed by atoms with Crippen LogP contribution < -0.4 is 5.73 Å². The predicted molar refractivity (Wildman–Crippen MR) is 119 cm³/mol. The molecule has 0 aliphatic heterocycles. The van der Waals surface area contributed by atoms with Gasteiger partial charge in [0.05, 0.1) is 29.6 Å². The summed E-state index contributed by atoms with van der Waals surface area (Å²) in [5.41, 5.74) is 8.75. The van der Waals surface area contributed by atoms with Gasteiger partial charge >= 0.3 is 6.18 Å². The molecule has 2 N–H and O–H groups in total. The number of amides is 1. The van der Waals surface area contributed by atoms with Crippen molar-refractivity contribution >= 4 is 28.3 Å². The maximum Gasteiger partial charge on any atom is 0.433 e. The first kappa shape index (κ1) is 20.9. The van der Waals surface area contributed by atoms with Crippen molar-refractivity contribution in [1.29, 1.82) is 0 Å². The summed E-state index contributed by atoms with van der Waals surface area (Å²) in [6.07, 6.45) is 1.82. The number of aryl methyl sites for hydroxylation is 1. The Hall–Kier alpha value is -3.69. The monoisotopic (exact) mass is 466 g/mol. The molecule has 1 fully saturated rings. The first-order valence-electron chi connectivity index (χ1n) is 11.2. The molecule has 1 atom stereocenters. The number of halogens is 3. The van der Waals surface area contributed by atoms with Crippen molar-refractivity contribution in [2.45, 2.75) is 37.9 Å². The number of carbonyl (C=O) groups is 1. The van der Waals surface area contributed by atoms with Gasteiger partial charge in [-0.25, -0.2) is 15.0 Å². The van der Waals surface area contributed by atoms with E-state index in [0.29, 0.717) is 64.5 Å². The maximum absolute atomic E-state index is 13.8. The number of anilines is 1. The number of hydrogen-bond donors (Lipinski definition) is 1. The minimum absolute atomic E-state index is 0.156. The fourth-order valence-electron chi connectivity index (χ4n) is 4.83. The van der Waals surface area contributed by atoms with E-state index in [0.717, 1.165) is 18.9 Å². The summed E-state index contributed by atoms with van der Waals surface area (Å²) in [4.78, 5) is 28.0. The van der Waals surface area contributed by atoms with Gasteiger partial charge in [-0.1, -0.05) is 6.07 Å². The molecular weight excluding hydrogens is 445 g/mol. The lowest BCUT2D eigenvalue weighted by atomic mass is 10.1. The molecule has 3 heterocycles. The largest absolute Gasteiger partial charge is 0.433 e. The fourth-order valence-corrected chi connectivity index (χ4v) is 4.83. The van der Waals surface area contributed by atoms with E-state index < -0.39 is 11.9 Å². The van der Waals surface area contributed by atoms with Gasteiger partial charge in [-0.3, -0.25) is 9.20 Å². The summed E-state index contributed by atoms with van der Waals surface area (Å²) in [6.45, 7) is 0.572. The Labute approximate surface area is 192 Å². The standard InChI is InChI=1S/C24H21F3N6O/c25-24(26,27)21-8-4-15-16(30-21)6-7-18(15)32(11-13-1-2-13)23(34)14-3-5-17-19(9-14)33-12-29-10-20(33)22(28)31-17/h3-5,8-10,12-13,18H,1-2,6-7,11H2,(H2,28,31)/t18-/m0/s1. The quantitative estimate of drug-likeness (QED) is 0.481. The topological polar surface area (TPSA) is 89.4 Å². The van der Waals surface area contributed by atoms with Crippen molar-refractivity contribution < 1.29 is 18.0 Å². The molecule has 1 saturated carbocycles. The van der Waals surface area contributed by atoms with Gasteiger partial charge in [0.1, 0.15) is 17.0 Å². The van der Waals surface area contributed by atoms with Crippen LogP contribution in [0.4, 0.5) is 19.0 Å². The molecule has 174 valence electrons. The Balaban J connectivity index is 1.39. The normalized spacial score (nSPS) is 17.9. The average Bonchev–Trinajstić information content (AvgIpc) is 3.31. The van der Waals surface area contributed by atoms with Crippen LogP contribution in [-0.2, 0) is 12.6 Å². The molecule has 1 amide bonds. The molecule has 0 bridgehead atoms. The molecule has 3 aromatic heterocycles. The second kappa shape index (κ2) is 7.41. The predicted octanol–water partition coefficient (Wildman–Crippen LogP) is 4.42. The van der Waals surface area contributed by atoms with Gasteiger partial charge in [0.25, 0.3) is 5.91 Å². The van der Waals surface area contributed by atoms with Crippen LogP contribution in [0.15, 0.2) is 42.9 Å². The Morgan fingerprint density at radius 1 is 1.12 bits per heavy atom. The van der Waals surface area contributed by atoms with E-state index in [1.807, 2.05) is 4.90 Å². The van der Waals surface area contributed by atoms with E-state index in [9.17, 15) is 18.0 Å². The summed E-state index contributed by atoms with van der Waals surface area (Å²) in [6, 6.07) is 7.45. The molecule has 34 heavy (non-hydrogen) atoms. The van der Waals surface area contributed by atoms with Crippen LogP contribution in [-0.4, -0.2) is 36.7 Å². The average molecular weight is 466 g/mol. The fraction of sp³-hybridized carbons (Fsp3) is 0.333. The Morgan fingerprint density at radius 3 is 2.71 bits per heavy atom. The van der Waals surface area contributed by atoms with Gasteiger partial charge < -0.3 is 10.6 Å². The zero-order valence-electron chi connectivity index (χ0n) is 18.1. The molecule has 0 radical (unpaired) electrons. The zero-order valence-corrected chi connectivity index (χ0v) is 18.1. The van der Waals surface area contributed by atoms with Gasteiger partial charge in [0.2, 0.25) is 0 Å². The third-order valence-electron chi connectivity index (χ3n) is 6.73. The Morgan fingerprint density at radius 2 is 1.94 bits per heavy atom. The van der Waals surface area contributed by atoms with Gasteiger partial charge in [-0.2, -0.15) is 13.2 Å².